The van der Waals surface area contributed by atoms with Crippen molar-refractivity contribution >= 4 is 23.6 Å². The van der Waals surface area contributed by atoms with Crippen LogP contribution in [0.4, 0.5) is 18.9 Å². The second kappa shape index (κ2) is 8.28. The minimum atomic E-state index is -4.62. The summed E-state index contributed by atoms with van der Waals surface area (Å²) >= 11 is 0. The fourth-order valence-electron chi connectivity index (χ4n) is 1.97. The zero-order valence-corrected chi connectivity index (χ0v) is 13.7. The van der Waals surface area contributed by atoms with Crippen LogP contribution in [0.15, 0.2) is 54.7 Å². The molecule has 0 saturated heterocycles. The molecule has 2 aromatic rings. The number of carbonyl (C=O) groups excluding carboxylic acids is 2. The first-order chi connectivity index (χ1) is 12.3. The third-order valence-corrected chi connectivity index (χ3v) is 3.23. The quantitative estimate of drug-likeness (QED) is 0.649. The van der Waals surface area contributed by atoms with Gasteiger partial charge in [0.05, 0.1) is 16.9 Å². The maximum absolute atomic E-state index is 12.9. The maximum Gasteiger partial charge on any atom is 0.418 e. The van der Waals surface area contributed by atoms with E-state index in [1.165, 1.54) is 25.1 Å². The molecule has 5 nitrogen and oxygen atoms in total. The van der Waals surface area contributed by atoms with Crippen LogP contribution in [-0.2, 0) is 20.5 Å². The number of pyridine rings is 1. The Balaban J connectivity index is 1.98. The number of rotatable bonds is 5. The predicted octanol–water partition coefficient (Wildman–Crippen LogP) is 3.68. The SMILES string of the molecule is CC(OC(=O)C=Cc1ccccn1)C(=O)Nc1ccccc1C(F)(F)F. The highest BCUT2D eigenvalue weighted by atomic mass is 19.4. The fraction of sp³-hybridized carbons (Fsp3) is 0.167. The summed E-state index contributed by atoms with van der Waals surface area (Å²) in [6.45, 7) is 1.26. The highest BCUT2D eigenvalue weighted by Gasteiger charge is 2.34. The van der Waals surface area contributed by atoms with Crippen LogP contribution >= 0.6 is 0 Å². The number of hydrogen-bond acceptors (Lipinski definition) is 4. The van der Waals surface area contributed by atoms with Gasteiger partial charge in [0.1, 0.15) is 0 Å². The smallest absolute Gasteiger partial charge is 0.418 e. The van der Waals surface area contributed by atoms with Gasteiger partial charge in [-0.3, -0.25) is 9.78 Å². The van der Waals surface area contributed by atoms with Gasteiger partial charge in [0.15, 0.2) is 6.10 Å². The first-order valence-corrected chi connectivity index (χ1v) is 7.54. The van der Waals surface area contributed by atoms with E-state index < -0.39 is 35.4 Å². The Morgan fingerprint density at radius 1 is 1.15 bits per heavy atom. The highest BCUT2D eigenvalue weighted by Crippen LogP contribution is 2.34. The Morgan fingerprint density at radius 2 is 1.85 bits per heavy atom. The van der Waals surface area contributed by atoms with Gasteiger partial charge in [0, 0.05) is 12.3 Å². The normalized spacial score (nSPS) is 12.6. The number of nitrogens with zero attached hydrogens (tertiary/aromatic N) is 1. The van der Waals surface area contributed by atoms with E-state index in [4.69, 9.17) is 4.74 Å². The number of para-hydroxylation sites is 1. The van der Waals surface area contributed by atoms with Crippen LogP contribution in [0.3, 0.4) is 0 Å². The van der Waals surface area contributed by atoms with Crippen molar-refractivity contribution in [3.8, 4) is 0 Å². The number of esters is 1. The molecule has 8 heteroatoms. The van der Waals surface area contributed by atoms with Crippen LogP contribution in [-0.4, -0.2) is 23.0 Å². The summed E-state index contributed by atoms with van der Waals surface area (Å²) in [6.07, 6.45) is -1.88. The van der Waals surface area contributed by atoms with E-state index in [9.17, 15) is 22.8 Å². The molecule has 136 valence electrons. The van der Waals surface area contributed by atoms with E-state index in [1.807, 2.05) is 0 Å². The molecule has 1 atom stereocenters. The van der Waals surface area contributed by atoms with Crippen molar-refractivity contribution in [2.45, 2.75) is 19.2 Å². The zero-order valence-electron chi connectivity index (χ0n) is 13.7. The average Bonchev–Trinajstić information content (AvgIpc) is 2.60. The number of hydrogen-bond donors (Lipinski definition) is 1. The molecule has 2 rings (SSSR count). The average molecular weight is 364 g/mol. The number of amides is 1. The van der Waals surface area contributed by atoms with Crippen LogP contribution in [0.2, 0.25) is 0 Å². The molecular formula is C18H15F3N2O3. The first kappa shape index (κ1) is 19.2. The van der Waals surface area contributed by atoms with E-state index in [-0.39, 0.29) is 0 Å². The highest BCUT2D eigenvalue weighted by molar-refractivity contribution is 5.97. The summed E-state index contributed by atoms with van der Waals surface area (Å²) in [4.78, 5) is 27.7. The maximum atomic E-state index is 12.9. The van der Waals surface area contributed by atoms with Crippen LogP contribution in [0.5, 0.6) is 0 Å². The van der Waals surface area contributed by atoms with Crippen molar-refractivity contribution in [3.05, 3.63) is 66.0 Å². The first-order valence-electron chi connectivity index (χ1n) is 7.54. The molecule has 0 saturated carbocycles. The lowest BCUT2D eigenvalue weighted by Gasteiger charge is -2.16. The van der Waals surface area contributed by atoms with Crippen LogP contribution in [0.1, 0.15) is 18.2 Å². The number of anilines is 1. The third-order valence-electron chi connectivity index (χ3n) is 3.23. The molecule has 1 unspecified atom stereocenters. The summed E-state index contributed by atoms with van der Waals surface area (Å²) in [6, 6.07) is 9.64. The summed E-state index contributed by atoms with van der Waals surface area (Å²) in [5.41, 5.74) is -0.875. The van der Waals surface area contributed by atoms with Crippen LogP contribution in [0, 0.1) is 0 Å². The molecule has 0 radical (unpaired) electrons. The monoisotopic (exact) mass is 364 g/mol. The molecule has 0 aliphatic rings. The van der Waals surface area contributed by atoms with Crippen LogP contribution < -0.4 is 5.32 Å². The van der Waals surface area contributed by atoms with Gasteiger partial charge >= 0.3 is 12.1 Å². The second-order valence-electron chi connectivity index (χ2n) is 5.20. The number of nitrogens with one attached hydrogen (secondary N) is 1. The molecule has 1 heterocycles. The van der Waals surface area contributed by atoms with Crippen molar-refractivity contribution in [1.82, 2.24) is 4.98 Å². The van der Waals surface area contributed by atoms with Gasteiger partial charge in [-0.1, -0.05) is 18.2 Å². The summed E-state index contributed by atoms with van der Waals surface area (Å²) in [5, 5.41) is 2.12. The lowest BCUT2D eigenvalue weighted by atomic mass is 10.1. The molecule has 1 N–H and O–H groups in total. The summed E-state index contributed by atoms with van der Waals surface area (Å²) in [5.74, 6) is -1.69. The largest absolute Gasteiger partial charge is 0.449 e. The van der Waals surface area contributed by atoms with Gasteiger partial charge < -0.3 is 10.1 Å². The Kier molecular flexibility index (Phi) is 6.11. The van der Waals surface area contributed by atoms with Gasteiger partial charge in [0.25, 0.3) is 5.91 Å². The Morgan fingerprint density at radius 3 is 2.50 bits per heavy atom. The lowest BCUT2D eigenvalue weighted by Crippen LogP contribution is -2.30. The van der Waals surface area contributed by atoms with Gasteiger partial charge in [0.2, 0.25) is 0 Å². The Bertz CT molecular complexity index is 805. The lowest BCUT2D eigenvalue weighted by molar-refractivity contribution is -0.148. The van der Waals surface area contributed by atoms with Crippen LogP contribution in [0.25, 0.3) is 6.08 Å². The van der Waals surface area contributed by atoms with Crippen molar-refractivity contribution < 1.29 is 27.5 Å². The minimum absolute atomic E-state index is 0.406. The minimum Gasteiger partial charge on any atom is -0.449 e. The number of carbonyl (C=O) groups is 2. The second-order valence-corrected chi connectivity index (χ2v) is 5.20. The van der Waals surface area contributed by atoms with Gasteiger partial charge in [-0.05, 0) is 37.3 Å². The fourth-order valence-corrected chi connectivity index (χ4v) is 1.97. The summed E-state index contributed by atoms with van der Waals surface area (Å²) in [7, 11) is 0. The molecule has 26 heavy (non-hydrogen) atoms. The van der Waals surface area contributed by atoms with Crippen molar-refractivity contribution in [3.63, 3.8) is 0 Å². The molecule has 0 fully saturated rings. The Labute approximate surface area is 147 Å². The number of halogens is 3. The van der Waals surface area contributed by atoms with E-state index in [2.05, 4.69) is 10.3 Å². The number of alkyl halides is 3. The molecule has 1 amide bonds. The number of aromatic nitrogens is 1. The summed E-state index contributed by atoms with van der Waals surface area (Å²) < 4.78 is 43.6. The van der Waals surface area contributed by atoms with Crippen molar-refractivity contribution in [2.24, 2.45) is 0 Å². The molecule has 1 aromatic carbocycles. The van der Waals surface area contributed by atoms with Crippen molar-refractivity contribution in [1.29, 1.82) is 0 Å². The van der Waals surface area contributed by atoms with E-state index in [0.29, 0.717) is 5.69 Å². The van der Waals surface area contributed by atoms with Gasteiger partial charge in [-0.15, -0.1) is 0 Å². The van der Waals surface area contributed by atoms with Gasteiger partial charge in [-0.2, -0.15) is 13.2 Å². The molecule has 0 aliphatic carbocycles. The number of benzene rings is 1. The van der Waals surface area contributed by atoms with E-state index >= 15 is 0 Å². The topological polar surface area (TPSA) is 68.3 Å². The molecule has 0 spiro atoms. The Hall–Kier alpha value is -3.16. The van der Waals surface area contributed by atoms with E-state index in [0.717, 1.165) is 18.2 Å². The van der Waals surface area contributed by atoms with Gasteiger partial charge in [-0.25, -0.2) is 4.79 Å². The molecule has 0 aliphatic heterocycles. The molecule has 0 bridgehead atoms. The number of ether oxygens (including phenoxy) is 1. The third kappa shape index (κ3) is 5.44. The molecular weight excluding hydrogens is 349 g/mol. The zero-order chi connectivity index (χ0) is 19.2. The van der Waals surface area contributed by atoms with Crippen molar-refractivity contribution in [2.75, 3.05) is 5.32 Å². The standard InChI is InChI=1S/C18H15F3N2O3/c1-12(26-16(24)10-9-13-6-4-5-11-22-13)17(25)23-15-8-3-2-7-14(15)18(19,20)21/h2-12H,1H3,(H,23,25). The predicted molar refractivity (Wildman–Crippen MR) is 88.9 cm³/mol. The van der Waals surface area contributed by atoms with E-state index in [1.54, 1.807) is 24.4 Å². The molecule has 1 aromatic heterocycles.